The Labute approximate surface area is 178 Å². The van der Waals surface area contributed by atoms with Gasteiger partial charge in [0.1, 0.15) is 11.5 Å². The van der Waals surface area contributed by atoms with E-state index in [1.165, 1.54) is 12.8 Å². The molecule has 0 spiro atoms. The maximum absolute atomic E-state index is 5.76. The Morgan fingerprint density at radius 1 is 1.10 bits per heavy atom. The first-order valence-electron chi connectivity index (χ1n) is 10.6. The minimum Gasteiger partial charge on any atom is -0.497 e. The third-order valence-electron chi connectivity index (χ3n) is 4.65. The van der Waals surface area contributed by atoms with Gasteiger partial charge >= 0.3 is 0 Å². The van der Waals surface area contributed by atoms with Gasteiger partial charge in [-0.25, -0.2) is 9.98 Å². The van der Waals surface area contributed by atoms with Gasteiger partial charge in [0.2, 0.25) is 5.88 Å². The van der Waals surface area contributed by atoms with Crippen molar-refractivity contribution >= 4 is 5.96 Å². The molecule has 3 rings (SSSR count). The van der Waals surface area contributed by atoms with Crippen LogP contribution in [0.3, 0.4) is 0 Å². The molecule has 1 heterocycles. The van der Waals surface area contributed by atoms with Gasteiger partial charge in [-0.05, 0) is 61.9 Å². The number of nitrogens with zero attached hydrogens (tertiary/aromatic N) is 2. The molecule has 1 aliphatic carbocycles. The number of aromatic nitrogens is 1. The molecule has 0 amide bonds. The van der Waals surface area contributed by atoms with Gasteiger partial charge in [0.25, 0.3) is 0 Å². The van der Waals surface area contributed by atoms with Crippen molar-refractivity contribution in [3.63, 3.8) is 0 Å². The predicted molar refractivity (Wildman–Crippen MR) is 118 cm³/mol. The maximum Gasteiger partial charge on any atom is 0.219 e. The van der Waals surface area contributed by atoms with Crippen molar-refractivity contribution in [1.82, 2.24) is 15.6 Å². The maximum atomic E-state index is 5.76. The molecule has 1 aromatic carbocycles. The topological polar surface area (TPSA) is 77.0 Å². The third-order valence-corrected chi connectivity index (χ3v) is 4.65. The van der Waals surface area contributed by atoms with E-state index in [4.69, 9.17) is 14.2 Å². The first kappa shape index (κ1) is 21.9. The van der Waals surface area contributed by atoms with Crippen LogP contribution >= 0.6 is 0 Å². The molecular formula is C23H32N4O3. The third kappa shape index (κ3) is 7.91. The van der Waals surface area contributed by atoms with Crippen LogP contribution in [0.2, 0.25) is 0 Å². The fourth-order valence-electron chi connectivity index (χ4n) is 2.76. The molecule has 7 heteroatoms. The van der Waals surface area contributed by atoms with Crippen molar-refractivity contribution in [1.29, 1.82) is 0 Å². The van der Waals surface area contributed by atoms with Gasteiger partial charge in [-0.1, -0.05) is 6.07 Å². The summed E-state index contributed by atoms with van der Waals surface area (Å²) in [4.78, 5) is 9.01. The summed E-state index contributed by atoms with van der Waals surface area (Å²) >= 11 is 0. The van der Waals surface area contributed by atoms with Crippen LogP contribution in [0.25, 0.3) is 0 Å². The average molecular weight is 413 g/mol. The summed E-state index contributed by atoms with van der Waals surface area (Å²) in [6.07, 6.45) is 5.42. The van der Waals surface area contributed by atoms with Gasteiger partial charge < -0.3 is 24.8 Å². The average Bonchev–Trinajstić information content (AvgIpc) is 3.60. The summed E-state index contributed by atoms with van der Waals surface area (Å²) in [6.45, 7) is 5.97. The number of nitrogens with one attached hydrogen (secondary N) is 2. The summed E-state index contributed by atoms with van der Waals surface area (Å²) in [5.74, 6) is 3.68. The number of guanidine groups is 1. The summed E-state index contributed by atoms with van der Waals surface area (Å²) < 4.78 is 16.6. The largest absolute Gasteiger partial charge is 0.497 e. The Morgan fingerprint density at radius 3 is 2.57 bits per heavy atom. The van der Waals surface area contributed by atoms with Crippen molar-refractivity contribution < 1.29 is 14.2 Å². The molecule has 2 aromatic rings. The van der Waals surface area contributed by atoms with Crippen LogP contribution in [0.1, 0.15) is 31.7 Å². The van der Waals surface area contributed by atoms with Gasteiger partial charge in [-0.15, -0.1) is 0 Å². The monoisotopic (exact) mass is 412 g/mol. The Hall–Kier alpha value is -2.80. The number of aliphatic imine (C=N–C) groups is 1. The van der Waals surface area contributed by atoms with Crippen molar-refractivity contribution in [2.45, 2.75) is 32.7 Å². The van der Waals surface area contributed by atoms with E-state index in [2.05, 4.69) is 27.5 Å². The van der Waals surface area contributed by atoms with Crippen molar-refractivity contribution in [2.24, 2.45) is 10.9 Å². The van der Waals surface area contributed by atoms with E-state index < -0.39 is 0 Å². The molecule has 7 nitrogen and oxygen atoms in total. The van der Waals surface area contributed by atoms with E-state index in [0.717, 1.165) is 55.9 Å². The summed E-state index contributed by atoms with van der Waals surface area (Å²) in [5, 5.41) is 6.62. The zero-order valence-electron chi connectivity index (χ0n) is 17.9. The van der Waals surface area contributed by atoms with Crippen LogP contribution in [-0.4, -0.2) is 44.4 Å². The second kappa shape index (κ2) is 12.0. The lowest BCUT2D eigenvalue weighted by molar-refractivity contribution is 0.123. The predicted octanol–water partition coefficient (Wildman–Crippen LogP) is 3.75. The summed E-state index contributed by atoms with van der Waals surface area (Å²) in [6, 6.07) is 11.2. The van der Waals surface area contributed by atoms with E-state index in [0.29, 0.717) is 18.2 Å². The van der Waals surface area contributed by atoms with Crippen LogP contribution < -0.4 is 20.1 Å². The number of benzene rings is 1. The summed E-state index contributed by atoms with van der Waals surface area (Å²) in [7, 11) is 1.64. The minimum atomic E-state index is 0.545. The zero-order chi connectivity index (χ0) is 21.0. The molecule has 0 radical (unpaired) electrons. The second-order valence-electron chi connectivity index (χ2n) is 7.28. The summed E-state index contributed by atoms with van der Waals surface area (Å²) in [5.41, 5.74) is 1.02. The first-order valence-corrected chi connectivity index (χ1v) is 10.6. The Morgan fingerprint density at radius 2 is 1.90 bits per heavy atom. The molecule has 1 aliphatic rings. The number of hydrogen-bond acceptors (Lipinski definition) is 5. The Balaban J connectivity index is 1.42. The van der Waals surface area contributed by atoms with Crippen molar-refractivity contribution in [3.05, 3.63) is 48.2 Å². The highest BCUT2D eigenvalue weighted by Crippen LogP contribution is 2.28. The molecule has 30 heavy (non-hydrogen) atoms. The highest BCUT2D eigenvalue weighted by Gasteiger charge is 2.20. The minimum absolute atomic E-state index is 0.545. The lowest BCUT2D eigenvalue weighted by Gasteiger charge is -2.11. The van der Waals surface area contributed by atoms with Gasteiger partial charge in [-0.3, -0.25) is 0 Å². The molecule has 1 saturated carbocycles. The Bertz CT molecular complexity index is 774. The number of pyridine rings is 1. The molecule has 0 bridgehead atoms. The van der Waals surface area contributed by atoms with Crippen LogP contribution in [-0.2, 0) is 11.3 Å². The van der Waals surface area contributed by atoms with Gasteiger partial charge in [0.05, 0.1) is 13.7 Å². The lowest BCUT2D eigenvalue weighted by atomic mass is 10.3. The van der Waals surface area contributed by atoms with Crippen LogP contribution in [0.15, 0.2) is 47.6 Å². The molecule has 1 fully saturated rings. The number of methoxy groups -OCH3 is 1. The second-order valence-corrected chi connectivity index (χ2v) is 7.28. The molecule has 0 atom stereocenters. The van der Waals surface area contributed by atoms with Crippen LogP contribution in [0.4, 0.5) is 0 Å². The quantitative estimate of drug-likeness (QED) is 0.314. The van der Waals surface area contributed by atoms with E-state index in [1.54, 1.807) is 13.3 Å². The van der Waals surface area contributed by atoms with Crippen LogP contribution in [0.5, 0.6) is 17.4 Å². The number of hydrogen-bond donors (Lipinski definition) is 2. The zero-order valence-corrected chi connectivity index (χ0v) is 17.9. The number of ether oxygens (including phenoxy) is 3. The molecular weight excluding hydrogens is 380 g/mol. The first-order chi connectivity index (χ1) is 14.8. The molecule has 1 aromatic heterocycles. The highest BCUT2D eigenvalue weighted by atomic mass is 16.5. The lowest BCUT2D eigenvalue weighted by Crippen LogP contribution is -2.38. The molecule has 162 valence electrons. The molecule has 0 aliphatic heterocycles. The Kier molecular flexibility index (Phi) is 8.78. The van der Waals surface area contributed by atoms with E-state index in [9.17, 15) is 0 Å². The fourth-order valence-corrected chi connectivity index (χ4v) is 2.76. The molecule has 0 saturated heterocycles. The molecule has 2 N–H and O–H groups in total. The number of rotatable bonds is 12. The van der Waals surface area contributed by atoms with Crippen molar-refractivity contribution in [3.8, 4) is 17.4 Å². The van der Waals surface area contributed by atoms with Crippen LogP contribution in [0, 0.1) is 5.92 Å². The standard InChI is InChI=1S/C23H32N4O3/c1-3-24-23(25-13-4-14-29-17-18-5-6-18)27-16-19-7-12-22(26-15-19)30-21-10-8-20(28-2)9-11-21/h7-12,15,18H,3-6,13-14,16-17H2,1-2H3,(H2,24,25,27). The molecule has 0 unspecified atom stereocenters. The van der Waals surface area contributed by atoms with Gasteiger partial charge in [0, 0.05) is 38.6 Å². The smallest absolute Gasteiger partial charge is 0.219 e. The van der Waals surface area contributed by atoms with E-state index in [1.807, 2.05) is 36.4 Å². The highest BCUT2D eigenvalue weighted by molar-refractivity contribution is 5.79. The van der Waals surface area contributed by atoms with Crippen molar-refractivity contribution in [2.75, 3.05) is 33.4 Å². The van der Waals surface area contributed by atoms with E-state index >= 15 is 0 Å². The van der Waals surface area contributed by atoms with E-state index in [-0.39, 0.29) is 0 Å². The van der Waals surface area contributed by atoms with Gasteiger partial charge in [0.15, 0.2) is 5.96 Å². The normalized spacial score (nSPS) is 13.7. The fraction of sp³-hybridized carbons (Fsp3) is 0.478. The SMILES string of the molecule is CCNC(=NCc1ccc(Oc2ccc(OC)cc2)nc1)NCCCOCC1CC1. The van der Waals surface area contributed by atoms with Gasteiger partial charge in [-0.2, -0.15) is 0 Å².